The summed E-state index contributed by atoms with van der Waals surface area (Å²) in [6.45, 7) is 5.25. The van der Waals surface area contributed by atoms with E-state index in [0.717, 1.165) is 40.6 Å². The Labute approximate surface area is 189 Å². The lowest BCUT2D eigenvalue weighted by Gasteiger charge is -2.26. The van der Waals surface area contributed by atoms with Gasteiger partial charge in [-0.3, -0.25) is 9.78 Å². The van der Waals surface area contributed by atoms with Gasteiger partial charge in [0.1, 0.15) is 12.3 Å². The first-order valence-electron chi connectivity index (χ1n) is 10.7. The second kappa shape index (κ2) is 6.89. The smallest absolute Gasteiger partial charge is 0.247 e. The van der Waals surface area contributed by atoms with Gasteiger partial charge in [0.25, 0.3) is 0 Å². The van der Waals surface area contributed by atoms with Crippen LogP contribution >= 0.6 is 0 Å². The number of pyridine rings is 1. The van der Waals surface area contributed by atoms with Crippen LogP contribution < -0.4 is 20.3 Å². The maximum absolute atomic E-state index is 12.2. The van der Waals surface area contributed by atoms with Gasteiger partial charge in [0.05, 0.1) is 12.0 Å². The number of benzene rings is 1. The Morgan fingerprint density at radius 3 is 2.97 bits per heavy atom. The zero-order valence-corrected chi connectivity index (χ0v) is 18.5. The Morgan fingerprint density at radius 2 is 2.09 bits per heavy atom. The number of aromatic nitrogens is 5. The molecule has 1 amide bonds. The van der Waals surface area contributed by atoms with Crippen LogP contribution in [0.15, 0.2) is 42.9 Å². The Hall–Kier alpha value is -4.21. The normalized spacial score (nSPS) is 16.2. The van der Waals surface area contributed by atoms with Crippen molar-refractivity contribution in [1.82, 2.24) is 24.6 Å². The number of hydrogen-bond acceptors (Lipinski definition) is 8. The summed E-state index contributed by atoms with van der Waals surface area (Å²) >= 11 is 0. The highest BCUT2D eigenvalue weighted by atomic mass is 16.5. The summed E-state index contributed by atoms with van der Waals surface area (Å²) in [5, 5.41) is 10.7. The molecule has 0 atom stereocenters. The van der Waals surface area contributed by atoms with Crippen molar-refractivity contribution in [3.63, 3.8) is 0 Å². The first-order valence-corrected chi connectivity index (χ1v) is 10.7. The first kappa shape index (κ1) is 19.5. The lowest BCUT2D eigenvalue weighted by atomic mass is 9.86. The minimum Gasteiger partial charge on any atom is -0.488 e. The van der Waals surface area contributed by atoms with Gasteiger partial charge < -0.3 is 20.3 Å². The largest absolute Gasteiger partial charge is 0.488 e. The lowest BCUT2D eigenvalue weighted by Crippen LogP contribution is -2.29. The van der Waals surface area contributed by atoms with Gasteiger partial charge in [-0.1, -0.05) is 6.07 Å². The molecular weight excluding hydrogens is 420 g/mol. The average molecular weight is 442 g/mol. The summed E-state index contributed by atoms with van der Waals surface area (Å²) in [5.41, 5.74) is 4.07. The molecule has 5 heterocycles. The molecule has 0 fully saturated rings. The third-order valence-corrected chi connectivity index (χ3v) is 6.17. The first-order chi connectivity index (χ1) is 15.9. The molecule has 6 rings (SSSR count). The van der Waals surface area contributed by atoms with Gasteiger partial charge >= 0.3 is 0 Å². The van der Waals surface area contributed by atoms with Crippen molar-refractivity contribution in [3.05, 3.63) is 48.4 Å². The second-order valence-corrected chi connectivity index (χ2v) is 8.76. The minimum absolute atomic E-state index is 0.00921. The topological polar surface area (TPSA) is 110 Å². The number of fused-ring (bicyclic) bond motifs is 3. The fourth-order valence-corrected chi connectivity index (χ4v) is 4.23. The molecule has 3 aromatic heterocycles. The summed E-state index contributed by atoms with van der Waals surface area (Å²) in [6.07, 6.45) is 5.21. The maximum atomic E-state index is 12.2. The SMILES string of the molecule is CN1CCOc2cc(-c3nccn4nc(Nc5ccc6c(c5)NC(=O)C6(C)C)nc34)cnc21. The number of amides is 1. The Kier molecular flexibility index (Phi) is 4.07. The fraction of sp³-hybridized carbons (Fsp3) is 0.261. The molecular formula is C23H22N8O2. The summed E-state index contributed by atoms with van der Waals surface area (Å²) < 4.78 is 7.47. The molecule has 2 N–H and O–H groups in total. The summed E-state index contributed by atoms with van der Waals surface area (Å²) in [5.74, 6) is 1.96. The van der Waals surface area contributed by atoms with E-state index in [9.17, 15) is 4.79 Å². The van der Waals surface area contributed by atoms with Gasteiger partial charge in [-0.25, -0.2) is 9.50 Å². The summed E-state index contributed by atoms with van der Waals surface area (Å²) in [4.78, 5) is 28.1. The van der Waals surface area contributed by atoms with E-state index in [1.165, 1.54) is 0 Å². The van der Waals surface area contributed by atoms with E-state index in [-0.39, 0.29) is 5.91 Å². The van der Waals surface area contributed by atoms with E-state index in [0.29, 0.717) is 23.9 Å². The molecule has 4 aromatic rings. The number of likely N-dealkylation sites (N-methyl/N-ethyl adjacent to an activating group) is 1. The number of carbonyl (C=O) groups is 1. The number of nitrogens with one attached hydrogen (secondary N) is 2. The number of hydrogen-bond donors (Lipinski definition) is 2. The van der Waals surface area contributed by atoms with E-state index < -0.39 is 5.41 Å². The van der Waals surface area contributed by atoms with Crippen LogP contribution in [0.25, 0.3) is 16.9 Å². The van der Waals surface area contributed by atoms with Crippen molar-refractivity contribution >= 4 is 34.7 Å². The van der Waals surface area contributed by atoms with Crippen LogP contribution in [0, 0.1) is 0 Å². The molecule has 0 radical (unpaired) electrons. The van der Waals surface area contributed by atoms with Crippen LogP contribution in [-0.4, -0.2) is 50.7 Å². The second-order valence-electron chi connectivity index (χ2n) is 8.76. The molecule has 0 bridgehead atoms. The fourth-order valence-electron chi connectivity index (χ4n) is 4.23. The van der Waals surface area contributed by atoms with Gasteiger partial charge in [0, 0.05) is 42.6 Å². The molecule has 10 heteroatoms. The number of anilines is 4. The lowest BCUT2D eigenvalue weighted by molar-refractivity contribution is -0.119. The van der Waals surface area contributed by atoms with Crippen LogP contribution in [0.3, 0.4) is 0 Å². The monoisotopic (exact) mass is 442 g/mol. The highest BCUT2D eigenvalue weighted by molar-refractivity contribution is 6.06. The van der Waals surface area contributed by atoms with Crippen molar-refractivity contribution in [2.24, 2.45) is 0 Å². The third-order valence-electron chi connectivity index (χ3n) is 6.17. The Morgan fingerprint density at radius 1 is 1.21 bits per heavy atom. The summed E-state index contributed by atoms with van der Waals surface area (Å²) in [6, 6.07) is 7.71. The van der Waals surface area contributed by atoms with Gasteiger partial charge in [-0.15, -0.1) is 5.10 Å². The van der Waals surface area contributed by atoms with Crippen LogP contribution in [0.1, 0.15) is 19.4 Å². The maximum Gasteiger partial charge on any atom is 0.247 e. The zero-order valence-electron chi connectivity index (χ0n) is 18.5. The van der Waals surface area contributed by atoms with E-state index in [4.69, 9.17) is 4.74 Å². The quantitative estimate of drug-likeness (QED) is 0.498. The van der Waals surface area contributed by atoms with Crippen molar-refractivity contribution in [2.75, 3.05) is 35.7 Å². The molecule has 0 unspecified atom stereocenters. The predicted molar refractivity (Wildman–Crippen MR) is 124 cm³/mol. The van der Waals surface area contributed by atoms with Crippen LogP contribution in [0.5, 0.6) is 5.75 Å². The average Bonchev–Trinajstić information content (AvgIpc) is 3.30. The van der Waals surface area contributed by atoms with Gasteiger partial charge in [-0.2, -0.15) is 4.98 Å². The van der Waals surface area contributed by atoms with Crippen LogP contribution in [0.4, 0.5) is 23.1 Å². The molecule has 10 nitrogen and oxygen atoms in total. The molecule has 33 heavy (non-hydrogen) atoms. The van der Waals surface area contributed by atoms with Gasteiger partial charge in [0.15, 0.2) is 17.2 Å². The zero-order chi connectivity index (χ0) is 22.7. The number of ether oxygens (including phenoxy) is 1. The standard InChI is InChI=1S/C23H22N8O2/c1-23(2)15-5-4-14(11-16(15)27-21(23)32)26-22-28-20-18(24-6-7-31(20)29-22)13-10-17-19(25-12-13)30(3)8-9-33-17/h4-7,10-12H,8-9H2,1-3H3,(H,26,29)(H,27,32). The molecule has 0 saturated heterocycles. The highest BCUT2D eigenvalue weighted by Crippen LogP contribution is 2.39. The van der Waals surface area contributed by atoms with Crippen molar-refractivity contribution in [2.45, 2.75) is 19.3 Å². The van der Waals surface area contributed by atoms with E-state index in [1.54, 1.807) is 23.1 Å². The number of carbonyl (C=O) groups excluding carboxylic acids is 1. The predicted octanol–water partition coefficient (Wildman–Crippen LogP) is 2.99. The molecule has 1 aromatic carbocycles. The molecule has 0 aliphatic carbocycles. The molecule has 166 valence electrons. The van der Waals surface area contributed by atoms with Gasteiger partial charge in [0.2, 0.25) is 11.9 Å². The minimum atomic E-state index is -0.544. The third kappa shape index (κ3) is 3.05. The molecule has 2 aliphatic heterocycles. The van der Waals surface area contributed by atoms with Gasteiger partial charge in [-0.05, 0) is 37.6 Å². The highest BCUT2D eigenvalue weighted by Gasteiger charge is 2.38. The van der Waals surface area contributed by atoms with E-state index in [1.807, 2.05) is 45.2 Å². The molecule has 2 aliphatic rings. The Bertz CT molecular complexity index is 1430. The Balaban J connectivity index is 1.34. The number of rotatable bonds is 3. The van der Waals surface area contributed by atoms with Crippen molar-refractivity contribution < 1.29 is 9.53 Å². The number of nitrogens with zero attached hydrogens (tertiary/aromatic N) is 6. The van der Waals surface area contributed by atoms with Crippen LogP contribution in [0.2, 0.25) is 0 Å². The van der Waals surface area contributed by atoms with E-state index in [2.05, 4.69) is 35.6 Å². The molecule has 0 saturated carbocycles. The van der Waals surface area contributed by atoms with Crippen molar-refractivity contribution in [3.8, 4) is 17.0 Å². The van der Waals surface area contributed by atoms with Crippen LogP contribution in [-0.2, 0) is 10.2 Å². The molecule has 0 spiro atoms. The summed E-state index contributed by atoms with van der Waals surface area (Å²) in [7, 11) is 1.99. The van der Waals surface area contributed by atoms with E-state index >= 15 is 0 Å². The van der Waals surface area contributed by atoms with Crippen molar-refractivity contribution in [1.29, 1.82) is 0 Å².